The van der Waals surface area contributed by atoms with Gasteiger partial charge in [0.15, 0.2) is 0 Å². The van der Waals surface area contributed by atoms with Gasteiger partial charge in [-0.15, -0.1) is 16.2 Å². The van der Waals surface area contributed by atoms with Crippen LogP contribution in [0.25, 0.3) is 0 Å². The fraction of sp³-hybridized carbons (Fsp3) is 0.368. The van der Waals surface area contributed by atoms with Crippen LogP contribution < -0.4 is 20.3 Å². The summed E-state index contributed by atoms with van der Waals surface area (Å²) in [6.45, 7) is 3.49. The Labute approximate surface area is 173 Å². The van der Waals surface area contributed by atoms with Gasteiger partial charge in [0.1, 0.15) is 5.75 Å². The van der Waals surface area contributed by atoms with Crippen LogP contribution in [0.4, 0.5) is 5.69 Å². The van der Waals surface area contributed by atoms with Crippen LogP contribution in [0.2, 0.25) is 0 Å². The lowest BCUT2D eigenvalue weighted by Crippen LogP contribution is -2.41. The van der Waals surface area contributed by atoms with Gasteiger partial charge in [-0.1, -0.05) is 6.92 Å². The average Bonchev–Trinajstić information content (AvgIpc) is 3.09. The highest BCUT2D eigenvalue weighted by atomic mass is 32.2. The Hall–Kier alpha value is -2.43. The first-order chi connectivity index (χ1) is 13.7. The van der Waals surface area contributed by atoms with E-state index in [0.717, 1.165) is 24.8 Å². The van der Waals surface area contributed by atoms with Gasteiger partial charge in [-0.25, -0.2) is 8.42 Å². The van der Waals surface area contributed by atoms with Crippen molar-refractivity contribution in [3.05, 3.63) is 39.6 Å². The van der Waals surface area contributed by atoms with Crippen molar-refractivity contribution in [1.82, 2.24) is 10.3 Å². The zero-order valence-corrected chi connectivity index (χ0v) is 18.0. The summed E-state index contributed by atoms with van der Waals surface area (Å²) in [5, 5.41) is 2.52. The summed E-state index contributed by atoms with van der Waals surface area (Å²) in [7, 11) is -2.63. The van der Waals surface area contributed by atoms with Crippen molar-refractivity contribution in [2.24, 2.45) is 5.92 Å². The quantitative estimate of drug-likeness (QED) is 0.601. The molecule has 0 aliphatic heterocycles. The van der Waals surface area contributed by atoms with E-state index >= 15 is 0 Å². The number of methoxy groups -OCH3 is 1. The first kappa shape index (κ1) is 21.3. The van der Waals surface area contributed by atoms with E-state index in [-0.39, 0.29) is 16.5 Å². The number of benzene rings is 1. The summed E-state index contributed by atoms with van der Waals surface area (Å²) >= 11 is 1.40. The lowest BCUT2D eigenvalue weighted by molar-refractivity contribution is -0.114. The molecule has 1 aliphatic carbocycles. The lowest BCUT2D eigenvalue weighted by Gasteiger charge is -2.16. The highest BCUT2D eigenvalue weighted by Crippen LogP contribution is 2.32. The fourth-order valence-corrected chi connectivity index (χ4v) is 5.16. The predicted molar refractivity (Wildman–Crippen MR) is 111 cm³/mol. The summed E-state index contributed by atoms with van der Waals surface area (Å²) in [4.78, 5) is 27.4. The van der Waals surface area contributed by atoms with E-state index in [1.807, 2.05) is 6.07 Å². The third-order valence-corrected chi connectivity index (χ3v) is 7.13. The van der Waals surface area contributed by atoms with Crippen molar-refractivity contribution in [3.8, 4) is 5.75 Å². The van der Waals surface area contributed by atoms with Crippen LogP contribution in [-0.2, 0) is 27.7 Å². The first-order valence-electron chi connectivity index (χ1n) is 9.09. The fourth-order valence-electron chi connectivity index (χ4n) is 3.19. The van der Waals surface area contributed by atoms with Gasteiger partial charge in [0, 0.05) is 11.8 Å². The molecule has 3 N–H and O–H groups in total. The minimum atomic E-state index is -4.04. The van der Waals surface area contributed by atoms with Crippen molar-refractivity contribution in [3.63, 3.8) is 0 Å². The van der Waals surface area contributed by atoms with E-state index in [1.54, 1.807) is 0 Å². The number of ether oxygens (including phenoxy) is 1. The Morgan fingerprint density at radius 1 is 1.24 bits per heavy atom. The van der Waals surface area contributed by atoms with Gasteiger partial charge in [0.25, 0.3) is 15.9 Å². The molecule has 156 valence electrons. The molecule has 29 heavy (non-hydrogen) atoms. The number of hydrogen-bond acceptors (Lipinski definition) is 6. The first-order valence-corrected chi connectivity index (χ1v) is 11.4. The summed E-state index contributed by atoms with van der Waals surface area (Å²) in [6, 6.07) is 5.85. The number of rotatable bonds is 6. The highest BCUT2D eigenvalue weighted by molar-refractivity contribution is 7.89. The Kier molecular flexibility index (Phi) is 6.25. The second-order valence-electron chi connectivity index (χ2n) is 7.01. The molecule has 1 aromatic heterocycles. The molecule has 2 aromatic rings. The molecule has 0 spiro atoms. The number of anilines is 1. The zero-order chi connectivity index (χ0) is 21.2. The molecule has 8 nitrogen and oxygen atoms in total. The number of amides is 2. The molecule has 1 heterocycles. The molecule has 1 atom stereocenters. The van der Waals surface area contributed by atoms with Crippen LogP contribution >= 0.6 is 11.3 Å². The van der Waals surface area contributed by atoms with Crippen LogP contribution in [0.5, 0.6) is 5.75 Å². The molecule has 3 rings (SSSR count). The topological polar surface area (TPSA) is 114 Å². The molecule has 0 saturated carbocycles. The summed E-state index contributed by atoms with van der Waals surface area (Å²) in [6.07, 6.45) is 2.97. The molecule has 0 fully saturated rings. The Bertz CT molecular complexity index is 1050. The predicted octanol–water partition coefficient (Wildman–Crippen LogP) is 2.46. The lowest BCUT2D eigenvalue weighted by atomic mass is 9.90. The third-order valence-electron chi connectivity index (χ3n) is 4.64. The van der Waals surface area contributed by atoms with Crippen molar-refractivity contribution in [2.45, 2.75) is 38.0 Å². The van der Waals surface area contributed by atoms with Gasteiger partial charge in [0.05, 0.1) is 22.6 Å². The smallest absolute Gasteiger partial charge is 0.276 e. The van der Waals surface area contributed by atoms with Gasteiger partial charge in [-0.3, -0.25) is 15.0 Å². The molecule has 10 heteroatoms. The number of sulfonamides is 1. The number of aryl methyl sites for hydroxylation is 1. The molecular weight excluding hydrogens is 414 g/mol. The van der Waals surface area contributed by atoms with Crippen molar-refractivity contribution in [1.29, 1.82) is 0 Å². The van der Waals surface area contributed by atoms with Crippen LogP contribution in [0, 0.1) is 5.92 Å². The molecule has 1 aromatic carbocycles. The molecule has 2 amide bonds. The Morgan fingerprint density at radius 3 is 2.69 bits per heavy atom. The molecule has 1 aliphatic rings. The van der Waals surface area contributed by atoms with E-state index in [2.05, 4.69) is 22.5 Å². The summed E-state index contributed by atoms with van der Waals surface area (Å²) in [5.74, 6) is 0.0345. The van der Waals surface area contributed by atoms with Gasteiger partial charge >= 0.3 is 0 Å². The number of hydrogen-bond donors (Lipinski definition) is 3. The normalized spacial score (nSPS) is 16.0. The maximum absolute atomic E-state index is 12.6. The van der Waals surface area contributed by atoms with E-state index in [0.29, 0.717) is 16.5 Å². The van der Waals surface area contributed by atoms with Gasteiger partial charge in [0.2, 0.25) is 5.91 Å². The number of hydrazine groups is 1. The van der Waals surface area contributed by atoms with Gasteiger partial charge < -0.3 is 10.1 Å². The summed E-state index contributed by atoms with van der Waals surface area (Å²) in [5.41, 5.74) is 3.64. The number of carbonyl (C=O) groups is 2. The van der Waals surface area contributed by atoms with E-state index in [4.69, 9.17) is 4.74 Å². The molecule has 0 radical (unpaired) electrons. The zero-order valence-electron chi connectivity index (χ0n) is 16.4. The monoisotopic (exact) mass is 437 g/mol. The van der Waals surface area contributed by atoms with Crippen molar-refractivity contribution >= 4 is 38.9 Å². The minimum Gasteiger partial charge on any atom is -0.495 e. The molecule has 1 unspecified atom stereocenters. The van der Waals surface area contributed by atoms with Crippen LogP contribution in [0.15, 0.2) is 29.2 Å². The van der Waals surface area contributed by atoms with Crippen LogP contribution in [0.3, 0.4) is 0 Å². The largest absolute Gasteiger partial charge is 0.495 e. The average molecular weight is 438 g/mol. The number of thiophene rings is 1. The van der Waals surface area contributed by atoms with Crippen molar-refractivity contribution < 1.29 is 22.7 Å². The van der Waals surface area contributed by atoms with Gasteiger partial charge in [-0.2, -0.15) is 0 Å². The van der Waals surface area contributed by atoms with E-state index < -0.39 is 15.9 Å². The summed E-state index contributed by atoms with van der Waals surface area (Å²) < 4.78 is 30.3. The van der Waals surface area contributed by atoms with Crippen LogP contribution in [0.1, 0.15) is 40.4 Å². The van der Waals surface area contributed by atoms with Gasteiger partial charge in [-0.05, 0) is 55.0 Å². The van der Waals surface area contributed by atoms with E-state index in [9.17, 15) is 18.0 Å². The number of fused-ring (bicyclic) bond motifs is 1. The molecular formula is C19H23N3O5S2. The second-order valence-corrected chi connectivity index (χ2v) is 9.83. The van der Waals surface area contributed by atoms with Crippen LogP contribution in [-0.4, -0.2) is 27.3 Å². The molecule has 0 saturated heterocycles. The number of carbonyl (C=O) groups excluding carboxylic acids is 2. The van der Waals surface area contributed by atoms with Crippen molar-refractivity contribution in [2.75, 3.05) is 12.4 Å². The minimum absolute atomic E-state index is 0.123. The van der Waals surface area contributed by atoms with E-state index in [1.165, 1.54) is 48.4 Å². The Balaban J connectivity index is 1.73. The third kappa shape index (κ3) is 4.95. The standard InChI is InChI=1S/C19H23N3O5S2/c1-11-4-7-17-13(8-11)9-18(28-17)19(24)21-22-29(25,26)14-5-6-16(27-3)15(10-14)20-12(2)23/h5-6,9-11,22H,4,7-8H2,1-3H3,(H,20,23)(H,21,24). The number of nitrogens with one attached hydrogen (secondary N) is 3. The SMILES string of the molecule is COc1ccc(S(=O)(=O)NNC(=O)c2cc3c(s2)CCC(C)C3)cc1NC(C)=O. The highest BCUT2D eigenvalue weighted by Gasteiger charge is 2.22. The Morgan fingerprint density at radius 2 is 2.00 bits per heavy atom. The maximum atomic E-state index is 12.6. The maximum Gasteiger partial charge on any atom is 0.276 e. The molecule has 0 bridgehead atoms. The second kappa shape index (κ2) is 8.52.